The van der Waals surface area contributed by atoms with Gasteiger partial charge in [0.05, 0.1) is 35.4 Å². The predicted octanol–water partition coefficient (Wildman–Crippen LogP) is 1.85. The largest absolute Gasteiger partial charge is 0.368 e. The number of nitriles is 1. The number of nitrogens with zero attached hydrogens (tertiary/aromatic N) is 5. The topological polar surface area (TPSA) is 118 Å². The fourth-order valence-electron chi connectivity index (χ4n) is 3.97. The van der Waals surface area contributed by atoms with Crippen LogP contribution in [0, 0.1) is 11.3 Å². The summed E-state index contributed by atoms with van der Waals surface area (Å²) in [5.41, 5.74) is 4.70. The average Bonchev–Trinajstić information content (AvgIpc) is 2.84. The van der Waals surface area contributed by atoms with E-state index in [0.29, 0.717) is 18.7 Å². The van der Waals surface area contributed by atoms with Gasteiger partial charge in [0.1, 0.15) is 5.69 Å². The fourth-order valence-corrected chi connectivity index (χ4v) is 3.97. The number of fused-ring (bicyclic) bond motifs is 1. The molecule has 1 amide bonds. The van der Waals surface area contributed by atoms with E-state index in [1.807, 2.05) is 37.4 Å². The molecule has 4 heterocycles. The molecule has 0 bridgehead atoms. The number of hydrogen-bond donors (Lipinski definition) is 2. The Kier molecular flexibility index (Phi) is 6.95. The number of hydrogen-bond acceptors (Lipinski definition) is 7. The molecule has 0 saturated carbocycles. The molecule has 33 heavy (non-hydrogen) atoms. The van der Waals surface area contributed by atoms with Crippen LogP contribution in [0.3, 0.4) is 0 Å². The third-order valence-electron chi connectivity index (χ3n) is 5.85. The zero-order chi connectivity index (χ0) is 23.2. The van der Waals surface area contributed by atoms with Crippen molar-refractivity contribution >= 4 is 22.6 Å². The summed E-state index contributed by atoms with van der Waals surface area (Å²) >= 11 is 0. The van der Waals surface area contributed by atoms with Crippen molar-refractivity contribution in [2.75, 3.05) is 37.6 Å². The first-order valence-electron chi connectivity index (χ1n) is 11.2. The Bertz CT molecular complexity index is 1220. The zero-order valence-electron chi connectivity index (χ0n) is 18.7. The Hall–Kier alpha value is -3.77. The number of H-pyrrole nitrogens is 1. The number of pyridine rings is 3. The summed E-state index contributed by atoms with van der Waals surface area (Å²) in [7, 11) is 0. The van der Waals surface area contributed by atoms with Gasteiger partial charge in [-0.15, -0.1) is 0 Å². The molecule has 0 radical (unpaired) electrons. The van der Waals surface area contributed by atoms with E-state index in [0.717, 1.165) is 60.6 Å². The molecular weight excluding hydrogens is 418 g/mol. The summed E-state index contributed by atoms with van der Waals surface area (Å²) in [5.74, 6) is -0.266. The number of nitrogens with one attached hydrogen (secondary N) is 2. The Morgan fingerprint density at radius 2 is 2.00 bits per heavy atom. The van der Waals surface area contributed by atoms with Crippen LogP contribution in [0.15, 0.2) is 41.5 Å². The highest BCUT2D eigenvalue weighted by Gasteiger charge is 2.18. The predicted molar refractivity (Wildman–Crippen MR) is 126 cm³/mol. The number of aromatic amines is 1. The van der Waals surface area contributed by atoms with Gasteiger partial charge in [-0.05, 0) is 36.2 Å². The molecule has 1 fully saturated rings. The van der Waals surface area contributed by atoms with E-state index in [1.54, 1.807) is 12.3 Å². The molecule has 170 valence electrons. The lowest BCUT2D eigenvalue weighted by atomic mass is 10.1. The van der Waals surface area contributed by atoms with Crippen molar-refractivity contribution in [3.63, 3.8) is 0 Å². The summed E-state index contributed by atoms with van der Waals surface area (Å²) in [4.78, 5) is 40.5. The second kappa shape index (κ2) is 10.2. The minimum atomic E-state index is -0.266. The maximum atomic E-state index is 12.1. The molecule has 9 heteroatoms. The SMILES string of the molecule is CCc1cc2ncc(CN3CCN(c4ccc(C(=O)NCCC#N)nc4)CC3)cc2[nH]c1=O. The van der Waals surface area contributed by atoms with Crippen molar-refractivity contribution in [2.24, 2.45) is 0 Å². The van der Waals surface area contributed by atoms with Gasteiger partial charge in [0, 0.05) is 51.0 Å². The highest BCUT2D eigenvalue weighted by Crippen LogP contribution is 2.18. The molecule has 0 aliphatic carbocycles. The van der Waals surface area contributed by atoms with Crippen molar-refractivity contribution < 1.29 is 4.79 Å². The van der Waals surface area contributed by atoms with Gasteiger partial charge in [-0.1, -0.05) is 6.92 Å². The number of carbonyl (C=O) groups excluding carboxylic acids is 1. The maximum Gasteiger partial charge on any atom is 0.269 e. The van der Waals surface area contributed by atoms with Crippen molar-refractivity contribution in [1.82, 2.24) is 25.2 Å². The standard InChI is InChI=1S/C24H27N7O2/c1-2-18-13-21-22(29-23(18)32)12-17(14-27-21)16-30-8-10-31(11-9-30)19-4-5-20(28-15-19)24(33)26-7-3-6-25/h4-5,12-15H,2-3,7-11,16H2,1H3,(H,26,33)(H,29,32). The lowest BCUT2D eigenvalue weighted by molar-refractivity contribution is 0.0949. The van der Waals surface area contributed by atoms with E-state index in [1.165, 1.54) is 0 Å². The van der Waals surface area contributed by atoms with Crippen LogP contribution in [0.1, 0.15) is 35.0 Å². The molecule has 1 aliphatic heterocycles. The summed E-state index contributed by atoms with van der Waals surface area (Å²) in [6.07, 6.45) is 4.58. The Morgan fingerprint density at radius 3 is 2.70 bits per heavy atom. The van der Waals surface area contributed by atoms with Crippen LogP contribution in [-0.4, -0.2) is 58.5 Å². The number of aryl methyl sites for hydroxylation is 1. The summed E-state index contributed by atoms with van der Waals surface area (Å²) in [6, 6.07) is 9.51. The van der Waals surface area contributed by atoms with Crippen LogP contribution in [0.5, 0.6) is 0 Å². The van der Waals surface area contributed by atoms with Crippen LogP contribution in [-0.2, 0) is 13.0 Å². The molecule has 1 saturated heterocycles. The van der Waals surface area contributed by atoms with Gasteiger partial charge in [0.25, 0.3) is 11.5 Å². The first-order valence-corrected chi connectivity index (χ1v) is 11.2. The van der Waals surface area contributed by atoms with Crippen LogP contribution in [0.4, 0.5) is 5.69 Å². The molecule has 9 nitrogen and oxygen atoms in total. The van der Waals surface area contributed by atoms with E-state index in [9.17, 15) is 9.59 Å². The number of piperazine rings is 1. The maximum absolute atomic E-state index is 12.1. The van der Waals surface area contributed by atoms with Gasteiger partial charge >= 0.3 is 0 Å². The molecule has 0 spiro atoms. The lowest BCUT2D eigenvalue weighted by Crippen LogP contribution is -2.46. The van der Waals surface area contributed by atoms with E-state index in [2.05, 4.69) is 30.1 Å². The average molecular weight is 446 g/mol. The molecule has 0 unspecified atom stereocenters. The number of anilines is 1. The molecule has 4 rings (SSSR count). The van der Waals surface area contributed by atoms with Gasteiger partial charge in [0.2, 0.25) is 0 Å². The molecule has 1 aliphatic rings. The third-order valence-corrected chi connectivity index (χ3v) is 5.85. The Balaban J connectivity index is 1.33. The van der Waals surface area contributed by atoms with E-state index >= 15 is 0 Å². The van der Waals surface area contributed by atoms with Crippen LogP contribution in [0.2, 0.25) is 0 Å². The molecule has 0 aromatic carbocycles. The van der Waals surface area contributed by atoms with Gasteiger partial charge in [0.15, 0.2) is 0 Å². The normalized spacial score (nSPS) is 14.2. The van der Waals surface area contributed by atoms with Gasteiger partial charge in [-0.2, -0.15) is 5.26 Å². The molecule has 3 aromatic rings. The smallest absolute Gasteiger partial charge is 0.269 e. The minimum absolute atomic E-state index is 0.0446. The summed E-state index contributed by atoms with van der Waals surface area (Å²) in [6.45, 7) is 6.54. The van der Waals surface area contributed by atoms with Crippen molar-refractivity contribution in [2.45, 2.75) is 26.3 Å². The van der Waals surface area contributed by atoms with Crippen molar-refractivity contribution in [3.8, 4) is 6.07 Å². The van der Waals surface area contributed by atoms with Crippen LogP contribution in [0.25, 0.3) is 11.0 Å². The second-order valence-corrected chi connectivity index (χ2v) is 8.08. The lowest BCUT2D eigenvalue weighted by Gasteiger charge is -2.36. The number of carbonyl (C=O) groups is 1. The molecule has 2 N–H and O–H groups in total. The fraction of sp³-hybridized carbons (Fsp3) is 0.375. The second-order valence-electron chi connectivity index (χ2n) is 8.08. The minimum Gasteiger partial charge on any atom is -0.368 e. The Morgan fingerprint density at radius 1 is 1.18 bits per heavy atom. The quantitative estimate of drug-likeness (QED) is 0.533. The van der Waals surface area contributed by atoms with Crippen LogP contribution < -0.4 is 15.8 Å². The van der Waals surface area contributed by atoms with Gasteiger partial charge in [-0.25, -0.2) is 4.98 Å². The van der Waals surface area contributed by atoms with Gasteiger partial charge in [-0.3, -0.25) is 19.5 Å². The molecule has 3 aromatic heterocycles. The number of rotatable bonds is 7. The van der Waals surface area contributed by atoms with E-state index in [-0.39, 0.29) is 17.9 Å². The Labute approximate surface area is 192 Å². The summed E-state index contributed by atoms with van der Waals surface area (Å²) < 4.78 is 0. The van der Waals surface area contributed by atoms with E-state index < -0.39 is 0 Å². The zero-order valence-corrected chi connectivity index (χ0v) is 18.7. The third kappa shape index (κ3) is 5.35. The van der Waals surface area contributed by atoms with Gasteiger partial charge < -0.3 is 15.2 Å². The number of aromatic nitrogens is 3. The summed E-state index contributed by atoms with van der Waals surface area (Å²) in [5, 5.41) is 11.2. The van der Waals surface area contributed by atoms with Crippen molar-refractivity contribution in [1.29, 1.82) is 5.26 Å². The first kappa shape index (κ1) is 22.4. The van der Waals surface area contributed by atoms with E-state index in [4.69, 9.17) is 5.26 Å². The van der Waals surface area contributed by atoms with Crippen LogP contribution >= 0.6 is 0 Å². The highest BCUT2D eigenvalue weighted by molar-refractivity contribution is 5.92. The monoisotopic (exact) mass is 445 g/mol. The number of amides is 1. The molecule has 0 atom stereocenters. The highest BCUT2D eigenvalue weighted by atomic mass is 16.1. The first-order chi connectivity index (χ1) is 16.1. The molecular formula is C24H27N7O2. The van der Waals surface area contributed by atoms with Crippen molar-refractivity contribution in [3.05, 3.63) is 63.8 Å².